The number of halogens is 1. The highest BCUT2D eigenvalue weighted by Crippen LogP contribution is 2.24. The molecule has 0 aliphatic carbocycles. The minimum atomic E-state index is -0.898. The van der Waals surface area contributed by atoms with Crippen molar-refractivity contribution in [3.63, 3.8) is 0 Å². The molecule has 0 bridgehead atoms. The molecular formula is C17H19ClN4O3. The second-order valence-corrected chi connectivity index (χ2v) is 6.17. The second-order valence-electron chi connectivity index (χ2n) is 5.76. The van der Waals surface area contributed by atoms with Crippen LogP contribution < -0.4 is 10.6 Å². The average Bonchev–Trinajstić information content (AvgIpc) is 3.10. The van der Waals surface area contributed by atoms with Gasteiger partial charge in [-0.05, 0) is 24.5 Å². The second kappa shape index (κ2) is 8.13. The quantitative estimate of drug-likeness (QED) is 0.696. The molecular weight excluding hydrogens is 344 g/mol. The Balaban J connectivity index is 1.72. The molecule has 2 heterocycles. The molecule has 25 heavy (non-hydrogen) atoms. The lowest BCUT2D eigenvalue weighted by Crippen LogP contribution is -2.19. The summed E-state index contributed by atoms with van der Waals surface area (Å²) in [6.45, 7) is 1.42. The van der Waals surface area contributed by atoms with Crippen molar-refractivity contribution in [1.82, 2.24) is 9.97 Å². The molecule has 3 rings (SSSR count). The lowest BCUT2D eigenvalue weighted by atomic mass is 10.1. The molecule has 0 spiro atoms. The normalized spacial score (nSPS) is 16.6. The summed E-state index contributed by atoms with van der Waals surface area (Å²) in [7, 11) is 0. The van der Waals surface area contributed by atoms with Crippen LogP contribution in [0.2, 0.25) is 5.02 Å². The van der Waals surface area contributed by atoms with E-state index in [1.807, 2.05) is 6.07 Å². The summed E-state index contributed by atoms with van der Waals surface area (Å²) < 4.78 is 5.57. The molecule has 0 saturated carbocycles. The lowest BCUT2D eigenvalue weighted by molar-refractivity contribution is -0.136. The van der Waals surface area contributed by atoms with Gasteiger partial charge in [0.1, 0.15) is 5.02 Å². The van der Waals surface area contributed by atoms with E-state index in [4.69, 9.17) is 21.4 Å². The number of aromatic nitrogens is 2. The van der Waals surface area contributed by atoms with E-state index in [0.29, 0.717) is 34.6 Å². The van der Waals surface area contributed by atoms with Crippen LogP contribution in [0, 0.1) is 0 Å². The number of aliphatic carboxylic acids is 1. The number of hydrogen-bond acceptors (Lipinski definition) is 6. The van der Waals surface area contributed by atoms with E-state index in [1.165, 1.54) is 6.20 Å². The first kappa shape index (κ1) is 17.4. The van der Waals surface area contributed by atoms with Crippen molar-refractivity contribution >= 4 is 35.0 Å². The molecule has 2 aromatic rings. The maximum Gasteiger partial charge on any atom is 0.307 e. The number of ether oxygens (including phenoxy) is 1. The molecule has 0 amide bonds. The average molecular weight is 363 g/mol. The third-order valence-electron chi connectivity index (χ3n) is 3.87. The fourth-order valence-corrected chi connectivity index (χ4v) is 2.80. The first-order valence-electron chi connectivity index (χ1n) is 8.06. The van der Waals surface area contributed by atoms with Crippen molar-refractivity contribution in [1.29, 1.82) is 0 Å². The van der Waals surface area contributed by atoms with Gasteiger partial charge in [0.15, 0.2) is 5.82 Å². The van der Waals surface area contributed by atoms with Crippen LogP contribution in [0.5, 0.6) is 0 Å². The smallest absolute Gasteiger partial charge is 0.307 e. The number of rotatable bonds is 7. The Morgan fingerprint density at radius 3 is 3.00 bits per heavy atom. The fraction of sp³-hybridized carbons (Fsp3) is 0.353. The highest BCUT2D eigenvalue weighted by Gasteiger charge is 2.16. The third-order valence-corrected chi connectivity index (χ3v) is 4.15. The van der Waals surface area contributed by atoms with Crippen LogP contribution in [0.1, 0.15) is 18.4 Å². The molecule has 8 heteroatoms. The summed E-state index contributed by atoms with van der Waals surface area (Å²) in [5, 5.41) is 15.7. The highest BCUT2D eigenvalue weighted by molar-refractivity contribution is 6.32. The molecule has 1 aromatic heterocycles. The van der Waals surface area contributed by atoms with E-state index in [2.05, 4.69) is 20.6 Å². The number of carboxylic acids is 1. The summed E-state index contributed by atoms with van der Waals surface area (Å²) in [4.78, 5) is 19.5. The minimum absolute atomic E-state index is 0.0825. The van der Waals surface area contributed by atoms with Crippen molar-refractivity contribution in [2.75, 3.05) is 23.8 Å². The maximum absolute atomic E-state index is 11.0. The van der Waals surface area contributed by atoms with E-state index in [-0.39, 0.29) is 12.5 Å². The van der Waals surface area contributed by atoms with Gasteiger partial charge in [0.05, 0.1) is 18.7 Å². The van der Waals surface area contributed by atoms with Crippen molar-refractivity contribution in [3.8, 4) is 0 Å². The van der Waals surface area contributed by atoms with Gasteiger partial charge in [-0.1, -0.05) is 29.8 Å². The van der Waals surface area contributed by atoms with E-state index < -0.39 is 5.97 Å². The van der Waals surface area contributed by atoms with Crippen LogP contribution in [0.15, 0.2) is 30.5 Å². The van der Waals surface area contributed by atoms with Gasteiger partial charge >= 0.3 is 5.97 Å². The van der Waals surface area contributed by atoms with Crippen molar-refractivity contribution in [2.24, 2.45) is 0 Å². The van der Waals surface area contributed by atoms with Crippen LogP contribution in [0.25, 0.3) is 0 Å². The maximum atomic E-state index is 11.0. The number of nitrogens with one attached hydrogen (secondary N) is 2. The highest BCUT2D eigenvalue weighted by atomic mass is 35.5. The number of anilines is 3. The Hall–Kier alpha value is -2.38. The van der Waals surface area contributed by atoms with Crippen LogP contribution in [0.3, 0.4) is 0 Å². The van der Waals surface area contributed by atoms with E-state index in [0.717, 1.165) is 19.4 Å². The molecule has 1 aliphatic rings. The first-order chi connectivity index (χ1) is 12.1. The van der Waals surface area contributed by atoms with Crippen molar-refractivity contribution in [2.45, 2.75) is 25.4 Å². The van der Waals surface area contributed by atoms with Gasteiger partial charge in [0, 0.05) is 18.8 Å². The molecule has 3 N–H and O–H groups in total. The topological polar surface area (TPSA) is 96.4 Å². The minimum Gasteiger partial charge on any atom is -0.481 e. The Morgan fingerprint density at radius 1 is 1.40 bits per heavy atom. The Labute approximate surface area is 150 Å². The number of benzene rings is 1. The van der Waals surface area contributed by atoms with E-state index >= 15 is 0 Å². The summed E-state index contributed by atoms with van der Waals surface area (Å²) in [6.07, 6.45) is 3.68. The Kier molecular flexibility index (Phi) is 5.67. The van der Waals surface area contributed by atoms with Crippen molar-refractivity contribution < 1.29 is 14.6 Å². The summed E-state index contributed by atoms with van der Waals surface area (Å²) in [6, 6.07) is 7.15. The molecule has 1 atom stereocenters. The largest absolute Gasteiger partial charge is 0.481 e. The van der Waals surface area contributed by atoms with Gasteiger partial charge in [0.25, 0.3) is 0 Å². The lowest BCUT2D eigenvalue weighted by Gasteiger charge is -2.14. The first-order valence-corrected chi connectivity index (χ1v) is 8.44. The van der Waals surface area contributed by atoms with Crippen LogP contribution >= 0.6 is 11.6 Å². The predicted octanol–water partition coefficient (Wildman–Crippen LogP) is 3.09. The standard InChI is InChI=1S/C17H19ClN4O3/c18-13-10-20-17(22-16(13)19-9-12-5-3-7-25-12)21-14-6-2-1-4-11(14)8-15(23)24/h1-2,4,6,10,12H,3,5,7-9H2,(H,23,24)(H2,19,20,21,22). The molecule has 132 valence electrons. The number of hydrogen-bond donors (Lipinski definition) is 3. The molecule has 1 aromatic carbocycles. The molecule has 7 nitrogen and oxygen atoms in total. The van der Waals surface area contributed by atoms with Gasteiger partial charge in [-0.3, -0.25) is 4.79 Å². The monoisotopic (exact) mass is 362 g/mol. The van der Waals surface area contributed by atoms with Crippen LogP contribution in [0.4, 0.5) is 17.5 Å². The molecule has 1 saturated heterocycles. The zero-order chi connectivity index (χ0) is 17.6. The Morgan fingerprint density at radius 2 is 2.24 bits per heavy atom. The summed E-state index contributed by atoms with van der Waals surface area (Å²) in [5.41, 5.74) is 1.31. The molecule has 1 aliphatic heterocycles. The summed E-state index contributed by atoms with van der Waals surface area (Å²) >= 11 is 6.15. The van der Waals surface area contributed by atoms with E-state index in [1.54, 1.807) is 18.2 Å². The number of para-hydroxylation sites is 1. The predicted molar refractivity (Wildman–Crippen MR) is 95.6 cm³/mol. The number of carboxylic acid groups (broad SMARTS) is 1. The van der Waals surface area contributed by atoms with Crippen molar-refractivity contribution in [3.05, 3.63) is 41.0 Å². The van der Waals surface area contributed by atoms with E-state index in [9.17, 15) is 4.79 Å². The van der Waals surface area contributed by atoms with Gasteiger partial charge < -0.3 is 20.5 Å². The number of carbonyl (C=O) groups is 1. The zero-order valence-electron chi connectivity index (χ0n) is 13.5. The third kappa shape index (κ3) is 4.80. The van der Waals surface area contributed by atoms with Crippen LogP contribution in [-0.2, 0) is 16.0 Å². The Bertz CT molecular complexity index is 750. The van der Waals surface area contributed by atoms with Gasteiger partial charge in [0.2, 0.25) is 5.95 Å². The zero-order valence-corrected chi connectivity index (χ0v) is 14.3. The fourth-order valence-electron chi connectivity index (χ4n) is 2.65. The van der Waals surface area contributed by atoms with Crippen LogP contribution in [-0.4, -0.2) is 40.3 Å². The molecule has 0 radical (unpaired) electrons. The SMILES string of the molecule is O=C(O)Cc1ccccc1Nc1ncc(Cl)c(NCC2CCCO2)n1. The molecule has 1 fully saturated rings. The van der Waals surface area contributed by atoms with Gasteiger partial charge in [-0.25, -0.2) is 4.98 Å². The van der Waals surface area contributed by atoms with Gasteiger partial charge in [-0.2, -0.15) is 4.98 Å². The van der Waals surface area contributed by atoms with Gasteiger partial charge in [-0.15, -0.1) is 0 Å². The summed E-state index contributed by atoms with van der Waals surface area (Å²) in [5.74, 6) is -0.0346. The molecule has 1 unspecified atom stereocenters. The number of nitrogens with zero attached hydrogens (tertiary/aromatic N) is 2.